The molecule has 2 heterocycles. The number of rotatable bonds is 4. The van der Waals surface area contributed by atoms with Crippen molar-refractivity contribution in [1.29, 1.82) is 0 Å². The van der Waals surface area contributed by atoms with Crippen LogP contribution in [-0.2, 0) is 4.79 Å². The molecule has 0 spiro atoms. The number of fused-ring (bicyclic) bond motifs is 1. The van der Waals surface area contributed by atoms with E-state index in [0.29, 0.717) is 21.3 Å². The molecule has 5 nitrogen and oxygen atoms in total. The van der Waals surface area contributed by atoms with E-state index < -0.39 is 23.5 Å². The maximum atomic E-state index is 13.5. The van der Waals surface area contributed by atoms with Crippen LogP contribution in [0.4, 0.5) is 5.13 Å². The number of anilines is 1. The predicted molar refractivity (Wildman–Crippen MR) is 126 cm³/mol. The molecule has 1 aliphatic rings. The third kappa shape index (κ3) is 3.38. The summed E-state index contributed by atoms with van der Waals surface area (Å²) in [6.07, 6.45) is 0. The zero-order valence-corrected chi connectivity index (χ0v) is 18.5. The third-order valence-electron chi connectivity index (χ3n) is 5.44. The summed E-state index contributed by atoms with van der Waals surface area (Å²) < 4.78 is 0.906. The Balaban J connectivity index is 1.67. The summed E-state index contributed by atoms with van der Waals surface area (Å²) in [6.45, 7) is 1.93. The summed E-state index contributed by atoms with van der Waals surface area (Å²) in [4.78, 5) is 32.7. The number of ketones is 1. The highest BCUT2D eigenvalue weighted by Gasteiger charge is 2.45. The normalized spacial score (nSPS) is 16.2. The summed E-state index contributed by atoms with van der Waals surface area (Å²) in [5.74, 6) is -1.62. The highest BCUT2D eigenvalue weighted by Crippen LogP contribution is 2.44. The van der Waals surface area contributed by atoms with Crippen molar-refractivity contribution in [3.05, 3.63) is 106 Å². The van der Waals surface area contributed by atoms with E-state index in [2.05, 4.69) is 4.98 Å². The number of aromatic nitrogens is 1. The summed E-state index contributed by atoms with van der Waals surface area (Å²) in [5.41, 5.74) is 2.83. The Bertz CT molecular complexity index is 1360. The Morgan fingerprint density at radius 2 is 1.72 bits per heavy atom. The van der Waals surface area contributed by atoms with Crippen molar-refractivity contribution in [2.24, 2.45) is 0 Å². The molecule has 0 saturated carbocycles. The molecule has 1 amide bonds. The molecule has 1 aliphatic heterocycles. The molecule has 1 unspecified atom stereocenters. The maximum absolute atomic E-state index is 13.5. The first-order valence-electron chi connectivity index (χ1n) is 9.93. The number of carbonyl (C=O) groups excluding carboxylic acids is 2. The molecule has 32 heavy (non-hydrogen) atoms. The lowest BCUT2D eigenvalue weighted by atomic mass is 9.92. The third-order valence-corrected chi connectivity index (χ3v) is 6.73. The highest BCUT2D eigenvalue weighted by molar-refractivity contribution is 7.22. The highest BCUT2D eigenvalue weighted by atomic mass is 35.5. The molecular weight excluding hydrogens is 444 g/mol. The minimum absolute atomic E-state index is 0.0282. The monoisotopic (exact) mass is 460 g/mol. The first-order valence-corrected chi connectivity index (χ1v) is 11.1. The molecule has 1 aromatic heterocycles. The minimum Gasteiger partial charge on any atom is -0.503 e. The van der Waals surface area contributed by atoms with Crippen LogP contribution in [-0.4, -0.2) is 21.8 Å². The van der Waals surface area contributed by atoms with Gasteiger partial charge in [0.05, 0.1) is 21.8 Å². The summed E-state index contributed by atoms with van der Waals surface area (Å²) in [6, 6.07) is 20.7. The quantitative estimate of drug-likeness (QED) is 0.377. The fourth-order valence-electron chi connectivity index (χ4n) is 3.82. The number of benzene rings is 3. The van der Waals surface area contributed by atoms with Crippen molar-refractivity contribution in [3.63, 3.8) is 0 Å². The molecule has 158 valence electrons. The predicted octanol–water partition coefficient (Wildman–Crippen LogP) is 6.04. The Morgan fingerprint density at radius 1 is 1.03 bits per heavy atom. The summed E-state index contributed by atoms with van der Waals surface area (Å²) in [7, 11) is 0. The molecule has 1 N–H and O–H groups in total. The number of amides is 1. The van der Waals surface area contributed by atoms with Crippen LogP contribution in [0.2, 0.25) is 5.02 Å². The van der Waals surface area contributed by atoms with E-state index in [9.17, 15) is 14.7 Å². The van der Waals surface area contributed by atoms with Crippen molar-refractivity contribution in [1.82, 2.24) is 4.98 Å². The zero-order valence-electron chi connectivity index (χ0n) is 16.9. The second-order valence-electron chi connectivity index (χ2n) is 7.55. The number of Topliss-reactive ketones (excluding diaryl/α,β-unsaturated/α-hetero) is 1. The Morgan fingerprint density at radius 3 is 2.41 bits per heavy atom. The van der Waals surface area contributed by atoms with Gasteiger partial charge in [-0.15, -0.1) is 0 Å². The van der Waals surface area contributed by atoms with Gasteiger partial charge in [-0.1, -0.05) is 77.0 Å². The number of aryl methyl sites for hydroxylation is 1. The van der Waals surface area contributed by atoms with Gasteiger partial charge in [-0.05, 0) is 36.8 Å². The smallest absolute Gasteiger partial charge is 0.296 e. The van der Waals surface area contributed by atoms with E-state index in [1.807, 2.05) is 43.3 Å². The van der Waals surface area contributed by atoms with Crippen molar-refractivity contribution in [2.45, 2.75) is 13.0 Å². The lowest BCUT2D eigenvalue weighted by Gasteiger charge is -2.24. The van der Waals surface area contributed by atoms with E-state index >= 15 is 0 Å². The molecule has 7 heteroatoms. The molecule has 1 atom stereocenters. The molecule has 0 fully saturated rings. The van der Waals surface area contributed by atoms with Crippen LogP contribution in [0.1, 0.15) is 27.5 Å². The van der Waals surface area contributed by atoms with Crippen LogP contribution in [0, 0.1) is 6.92 Å². The van der Waals surface area contributed by atoms with Crippen molar-refractivity contribution in [3.8, 4) is 0 Å². The van der Waals surface area contributed by atoms with Crippen LogP contribution in [0.5, 0.6) is 0 Å². The fourth-order valence-corrected chi connectivity index (χ4v) is 4.94. The second kappa shape index (κ2) is 7.89. The zero-order chi connectivity index (χ0) is 22.4. The number of aliphatic hydroxyl groups is 1. The molecule has 0 bridgehead atoms. The largest absolute Gasteiger partial charge is 0.503 e. The first kappa shape index (κ1) is 20.4. The summed E-state index contributed by atoms with van der Waals surface area (Å²) in [5, 5.41) is 11.8. The van der Waals surface area contributed by atoms with Gasteiger partial charge in [-0.3, -0.25) is 14.5 Å². The topological polar surface area (TPSA) is 70.5 Å². The Kier molecular flexibility index (Phi) is 5.04. The van der Waals surface area contributed by atoms with Gasteiger partial charge >= 0.3 is 0 Å². The number of hydrogen-bond acceptors (Lipinski definition) is 5. The maximum Gasteiger partial charge on any atom is 0.296 e. The molecule has 0 aliphatic carbocycles. The number of hydrogen-bond donors (Lipinski definition) is 1. The van der Waals surface area contributed by atoms with Gasteiger partial charge in [0.15, 0.2) is 16.7 Å². The second-order valence-corrected chi connectivity index (χ2v) is 9.00. The number of para-hydroxylation sites is 1. The fraction of sp³-hybridized carbons (Fsp3) is 0.0800. The van der Waals surface area contributed by atoms with Crippen LogP contribution in [0.3, 0.4) is 0 Å². The lowest BCUT2D eigenvalue weighted by molar-refractivity contribution is -0.117. The van der Waals surface area contributed by atoms with Crippen LogP contribution < -0.4 is 4.90 Å². The Labute approximate surface area is 193 Å². The number of aliphatic hydroxyl groups excluding tert-OH is 1. The van der Waals surface area contributed by atoms with Gasteiger partial charge in [0, 0.05) is 10.6 Å². The van der Waals surface area contributed by atoms with Crippen LogP contribution >= 0.6 is 22.9 Å². The molecule has 3 aromatic carbocycles. The van der Waals surface area contributed by atoms with Gasteiger partial charge in [-0.2, -0.15) is 0 Å². The van der Waals surface area contributed by atoms with Gasteiger partial charge in [0.2, 0.25) is 0 Å². The number of carbonyl (C=O) groups is 2. The average molecular weight is 461 g/mol. The van der Waals surface area contributed by atoms with Crippen molar-refractivity contribution >= 4 is 50.0 Å². The SMILES string of the molecule is Cc1ccc(C(=O)C2=C(O)C(=O)N(c3nc4ccccc4s3)C2c2ccc(Cl)cc2)cc1. The molecule has 0 saturated heterocycles. The summed E-state index contributed by atoms with van der Waals surface area (Å²) >= 11 is 7.41. The number of nitrogens with zero attached hydrogens (tertiary/aromatic N) is 2. The van der Waals surface area contributed by atoms with Crippen LogP contribution in [0.25, 0.3) is 10.2 Å². The molecule has 4 aromatic rings. The van der Waals surface area contributed by atoms with Crippen molar-refractivity contribution in [2.75, 3.05) is 4.90 Å². The van der Waals surface area contributed by atoms with E-state index in [-0.39, 0.29) is 5.57 Å². The number of halogens is 1. The van der Waals surface area contributed by atoms with Gasteiger partial charge in [0.25, 0.3) is 5.91 Å². The van der Waals surface area contributed by atoms with E-state index in [0.717, 1.165) is 15.8 Å². The van der Waals surface area contributed by atoms with Gasteiger partial charge in [0.1, 0.15) is 0 Å². The molecular formula is C25H17ClN2O3S. The van der Waals surface area contributed by atoms with Crippen molar-refractivity contribution < 1.29 is 14.7 Å². The molecule has 0 radical (unpaired) electrons. The number of thiazole rings is 1. The van der Waals surface area contributed by atoms with Gasteiger partial charge < -0.3 is 5.11 Å². The van der Waals surface area contributed by atoms with E-state index in [1.54, 1.807) is 36.4 Å². The molecule has 5 rings (SSSR count). The van der Waals surface area contributed by atoms with E-state index in [4.69, 9.17) is 11.6 Å². The lowest BCUT2D eigenvalue weighted by Crippen LogP contribution is -2.30. The van der Waals surface area contributed by atoms with E-state index in [1.165, 1.54) is 16.2 Å². The minimum atomic E-state index is -0.825. The average Bonchev–Trinajstić information content (AvgIpc) is 3.33. The standard InChI is InChI=1S/C25H17ClN2O3S/c1-14-6-8-16(9-7-14)22(29)20-21(15-10-12-17(26)13-11-15)28(24(31)23(20)30)25-27-18-4-2-3-5-19(18)32-25/h2-13,21,30H,1H3. The Hall–Kier alpha value is -3.48. The first-order chi connectivity index (χ1) is 15.4. The van der Waals surface area contributed by atoms with Crippen LogP contribution in [0.15, 0.2) is 84.1 Å². The van der Waals surface area contributed by atoms with Gasteiger partial charge in [-0.25, -0.2) is 4.98 Å².